The van der Waals surface area contributed by atoms with Gasteiger partial charge in [-0.15, -0.1) is 0 Å². The molecule has 0 saturated heterocycles. The van der Waals surface area contributed by atoms with Crippen LogP contribution in [0.3, 0.4) is 0 Å². The van der Waals surface area contributed by atoms with Gasteiger partial charge in [-0.05, 0) is 38.9 Å². The van der Waals surface area contributed by atoms with Gasteiger partial charge in [0, 0.05) is 19.1 Å². The van der Waals surface area contributed by atoms with Crippen LogP contribution in [0.4, 0.5) is 0 Å². The smallest absolute Gasteiger partial charge is 0.169 e. The summed E-state index contributed by atoms with van der Waals surface area (Å²) in [5.41, 5.74) is 0. The molecule has 0 rings (SSSR count). The molecule has 2 nitrogen and oxygen atoms in total. The molecule has 0 radical (unpaired) electrons. The van der Waals surface area contributed by atoms with Crippen molar-refractivity contribution >= 4 is 17.3 Å². The molecule has 0 saturated carbocycles. The second-order valence-corrected chi connectivity index (χ2v) is 4.71. The molecule has 1 N–H and O–H groups in total. The molecule has 0 aliphatic rings. The second-order valence-electron chi connectivity index (χ2n) is 4.33. The summed E-state index contributed by atoms with van der Waals surface area (Å²) >= 11 is 5.38. The molecule has 0 spiro atoms. The van der Waals surface area contributed by atoms with Gasteiger partial charge in [-0.25, -0.2) is 0 Å². The molecule has 15 heavy (non-hydrogen) atoms. The van der Waals surface area contributed by atoms with E-state index in [0.29, 0.717) is 6.04 Å². The third-order valence-corrected chi connectivity index (χ3v) is 3.09. The minimum absolute atomic E-state index is 0.424. The van der Waals surface area contributed by atoms with E-state index < -0.39 is 0 Å². The van der Waals surface area contributed by atoms with Crippen molar-refractivity contribution in [3.8, 4) is 0 Å². The van der Waals surface area contributed by atoms with Crippen LogP contribution in [-0.2, 0) is 0 Å². The number of hydrogen-bond donors (Lipinski definition) is 1. The van der Waals surface area contributed by atoms with Crippen molar-refractivity contribution in [3.63, 3.8) is 0 Å². The maximum absolute atomic E-state index is 5.38. The minimum atomic E-state index is 0.424. The zero-order chi connectivity index (χ0) is 11.8. The SMILES string of the molecule is CCC(CC)CN(CC)C(=S)NC(C)C. The Morgan fingerprint density at radius 1 is 1.20 bits per heavy atom. The average molecular weight is 230 g/mol. The monoisotopic (exact) mass is 230 g/mol. The molecule has 0 fully saturated rings. The van der Waals surface area contributed by atoms with Gasteiger partial charge in [0.05, 0.1) is 0 Å². The van der Waals surface area contributed by atoms with Crippen molar-refractivity contribution in [2.45, 2.75) is 53.5 Å². The minimum Gasteiger partial charge on any atom is -0.360 e. The Morgan fingerprint density at radius 2 is 1.73 bits per heavy atom. The van der Waals surface area contributed by atoms with Crippen molar-refractivity contribution < 1.29 is 0 Å². The van der Waals surface area contributed by atoms with Gasteiger partial charge < -0.3 is 10.2 Å². The van der Waals surface area contributed by atoms with Crippen LogP contribution >= 0.6 is 12.2 Å². The molecule has 0 bridgehead atoms. The first-order valence-corrected chi connectivity index (χ1v) is 6.51. The third-order valence-electron chi connectivity index (χ3n) is 2.71. The Hall–Kier alpha value is -0.310. The molecule has 90 valence electrons. The lowest BCUT2D eigenvalue weighted by Gasteiger charge is -2.29. The first-order chi connectivity index (χ1) is 7.04. The zero-order valence-corrected chi connectivity index (χ0v) is 11.7. The van der Waals surface area contributed by atoms with Gasteiger partial charge in [-0.1, -0.05) is 26.7 Å². The van der Waals surface area contributed by atoms with Gasteiger partial charge in [-0.2, -0.15) is 0 Å². The van der Waals surface area contributed by atoms with Crippen LogP contribution in [0.15, 0.2) is 0 Å². The Labute approximate surface area is 100 Å². The van der Waals surface area contributed by atoms with Gasteiger partial charge in [0.15, 0.2) is 5.11 Å². The van der Waals surface area contributed by atoms with Crippen LogP contribution in [0.2, 0.25) is 0 Å². The van der Waals surface area contributed by atoms with E-state index >= 15 is 0 Å². The lowest BCUT2D eigenvalue weighted by atomic mass is 10.0. The van der Waals surface area contributed by atoms with Crippen LogP contribution in [0.5, 0.6) is 0 Å². The van der Waals surface area contributed by atoms with E-state index in [0.717, 1.165) is 24.1 Å². The molecule has 0 atom stereocenters. The van der Waals surface area contributed by atoms with Gasteiger partial charge >= 0.3 is 0 Å². The number of hydrogen-bond acceptors (Lipinski definition) is 1. The van der Waals surface area contributed by atoms with Gasteiger partial charge in [-0.3, -0.25) is 0 Å². The normalized spacial score (nSPS) is 10.9. The molecule has 3 heteroatoms. The maximum Gasteiger partial charge on any atom is 0.169 e. The molecular weight excluding hydrogens is 204 g/mol. The highest BCUT2D eigenvalue weighted by Gasteiger charge is 2.12. The second kappa shape index (κ2) is 7.91. The lowest BCUT2D eigenvalue weighted by molar-refractivity contribution is 0.329. The molecule has 0 heterocycles. The Balaban J connectivity index is 4.16. The zero-order valence-electron chi connectivity index (χ0n) is 10.8. The number of rotatable bonds is 6. The van der Waals surface area contributed by atoms with E-state index in [2.05, 4.69) is 44.8 Å². The van der Waals surface area contributed by atoms with E-state index in [1.165, 1.54) is 12.8 Å². The Bertz CT molecular complexity index is 176. The number of nitrogens with zero attached hydrogens (tertiary/aromatic N) is 1. The summed E-state index contributed by atoms with van der Waals surface area (Å²) in [7, 11) is 0. The van der Waals surface area contributed by atoms with E-state index in [1.807, 2.05) is 0 Å². The van der Waals surface area contributed by atoms with Gasteiger partial charge in [0.2, 0.25) is 0 Å². The highest BCUT2D eigenvalue weighted by Crippen LogP contribution is 2.10. The van der Waals surface area contributed by atoms with E-state index in [-0.39, 0.29) is 0 Å². The average Bonchev–Trinajstić information content (AvgIpc) is 2.18. The summed E-state index contributed by atoms with van der Waals surface area (Å²) in [5.74, 6) is 0.761. The van der Waals surface area contributed by atoms with E-state index in [4.69, 9.17) is 12.2 Å². The summed E-state index contributed by atoms with van der Waals surface area (Å²) in [4.78, 5) is 2.27. The van der Waals surface area contributed by atoms with Crippen molar-refractivity contribution in [2.75, 3.05) is 13.1 Å². The topological polar surface area (TPSA) is 15.3 Å². The van der Waals surface area contributed by atoms with Crippen molar-refractivity contribution in [2.24, 2.45) is 5.92 Å². The molecule has 0 aromatic carbocycles. The standard InChI is InChI=1S/C12H26N2S/c1-6-11(7-2)9-14(8-3)12(15)13-10(4)5/h10-11H,6-9H2,1-5H3,(H,13,15). The predicted molar refractivity (Wildman–Crippen MR) is 72.2 cm³/mol. The van der Waals surface area contributed by atoms with Crippen LogP contribution in [0, 0.1) is 5.92 Å². The fourth-order valence-electron chi connectivity index (χ4n) is 1.55. The van der Waals surface area contributed by atoms with Crippen LogP contribution in [-0.4, -0.2) is 29.1 Å². The molecule has 0 amide bonds. The van der Waals surface area contributed by atoms with Crippen LogP contribution in [0.25, 0.3) is 0 Å². The quantitative estimate of drug-likeness (QED) is 0.706. The third kappa shape index (κ3) is 5.98. The first kappa shape index (κ1) is 14.7. The molecule has 0 aromatic rings. The Kier molecular flexibility index (Phi) is 7.75. The van der Waals surface area contributed by atoms with Gasteiger partial charge in [0.1, 0.15) is 0 Å². The van der Waals surface area contributed by atoms with Gasteiger partial charge in [0.25, 0.3) is 0 Å². The van der Waals surface area contributed by atoms with Crippen LogP contribution < -0.4 is 5.32 Å². The van der Waals surface area contributed by atoms with Crippen molar-refractivity contribution in [3.05, 3.63) is 0 Å². The fraction of sp³-hybridized carbons (Fsp3) is 0.917. The summed E-state index contributed by atoms with van der Waals surface area (Å²) < 4.78 is 0. The summed E-state index contributed by atoms with van der Waals surface area (Å²) in [6, 6.07) is 0.424. The highest BCUT2D eigenvalue weighted by atomic mass is 32.1. The van der Waals surface area contributed by atoms with Crippen LogP contribution in [0.1, 0.15) is 47.5 Å². The predicted octanol–water partition coefficient (Wildman–Crippen LogP) is 3.03. The molecule has 0 aliphatic carbocycles. The molecular formula is C12H26N2S. The van der Waals surface area contributed by atoms with Crippen molar-refractivity contribution in [1.82, 2.24) is 10.2 Å². The largest absolute Gasteiger partial charge is 0.360 e. The summed E-state index contributed by atoms with van der Waals surface area (Å²) in [6.07, 6.45) is 2.47. The molecule has 0 aromatic heterocycles. The Morgan fingerprint density at radius 3 is 2.07 bits per heavy atom. The van der Waals surface area contributed by atoms with Crippen molar-refractivity contribution in [1.29, 1.82) is 0 Å². The summed E-state index contributed by atoms with van der Waals surface area (Å²) in [6.45, 7) is 13.0. The van der Waals surface area contributed by atoms with E-state index in [9.17, 15) is 0 Å². The fourth-order valence-corrected chi connectivity index (χ4v) is 1.99. The maximum atomic E-state index is 5.38. The van der Waals surface area contributed by atoms with E-state index in [1.54, 1.807) is 0 Å². The highest BCUT2D eigenvalue weighted by molar-refractivity contribution is 7.80. The lowest BCUT2D eigenvalue weighted by Crippen LogP contribution is -2.44. The summed E-state index contributed by atoms with van der Waals surface area (Å²) in [5, 5.41) is 4.21. The number of nitrogens with one attached hydrogen (secondary N) is 1. The molecule has 0 unspecified atom stereocenters. The molecule has 0 aliphatic heterocycles. The first-order valence-electron chi connectivity index (χ1n) is 6.10. The number of thiocarbonyl (C=S) groups is 1.